The minimum absolute atomic E-state index is 0.0152. The van der Waals surface area contributed by atoms with Gasteiger partial charge in [0.05, 0.1) is 6.21 Å². The summed E-state index contributed by atoms with van der Waals surface area (Å²) < 4.78 is 0. The molecule has 18 heavy (non-hydrogen) atoms. The van der Waals surface area contributed by atoms with Crippen LogP contribution in [0.5, 0.6) is 5.75 Å². The van der Waals surface area contributed by atoms with Crippen LogP contribution in [0.1, 0.15) is 31.2 Å². The number of hydrazone groups is 1. The summed E-state index contributed by atoms with van der Waals surface area (Å²) in [6.07, 6.45) is 6.13. The molecule has 2 saturated carbocycles. The molecule has 1 spiro atoms. The van der Waals surface area contributed by atoms with Gasteiger partial charge in [0.1, 0.15) is 5.75 Å². The average molecular weight is 244 g/mol. The predicted molar refractivity (Wildman–Crippen MR) is 68.2 cm³/mol. The first-order valence-corrected chi connectivity index (χ1v) is 6.32. The number of nitrogens with zero attached hydrogens (tertiary/aromatic N) is 1. The largest absolute Gasteiger partial charge is 0.507 e. The molecule has 4 heteroatoms. The molecule has 0 aromatic heterocycles. The highest BCUT2D eigenvalue weighted by molar-refractivity contribution is 5.86. The van der Waals surface area contributed by atoms with Crippen molar-refractivity contribution in [1.82, 2.24) is 5.43 Å². The van der Waals surface area contributed by atoms with Gasteiger partial charge in [0.25, 0.3) is 0 Å². The third-order valence-corrected chi connectivity index (χ3v) is 4.17. The van der Waals surface area contributed by atoms with Gasteiger partial charge in [0.2, 0.25) is 5.91 Å². The van der Waals surface area contributed by atoms with Gasteiger partial charge in [-0.3, -0.25) is 4.79 Å². The number of hydrogen-bond donors (Lipinski definition) is 2. The maximum Gasteiger partial charge on any atom is 0.243 e. The van der Waals surface area contributed by atoms with Crippen LogP contribution in [0.3, 0.4) is 0 Å². The number of nitrogens with one attached hydrogen (secondary N) is 1. The fourth-order valence-electron chi connectivity index (χ4n) is 2.74. The average Bonchev–Trinajstić information content (AvgIpc) is 3.07. The van der Waals surface area contributed by atoms with Crippen LogP contribution < -0.4 is 5.43 Å². The standard InChI is InChI=1S/C14H16N2O2/c17-12-5-2-1-4-10(12)9-15-16-13(18)11-8-14(11)6-3-7-14/h1-2,4-5,9,11,17H,3,6-8H2,(H,16,18)/t11-/m0/s1. The quantitative estimate of drug-likeness (QED) is 0.631. The number of amides is 1. The van der Waals surface area contributed by atoms with Crippen LogP contribution in [0.25, 0.3) is 0 Å². The van der Waals surface area contributed by atoms with Crippen LogP contribution in [-0.4, -0.2) is 17.2 Å². The predicted octanol–water partition coefficient (Wildman–Crippen LogP) is 2.03. The van der Waals surface area contributed by atoms with Gasteiger partial charge in [-0.2, -0.15) is 5.10 Å². The second kappa shape index (κ2) is 4.12. The van der Waals surface area contributed by atoms with Crippen LogP contribution in [0.4, 0.5) is 0 Å². The number of para-hydroxylation sites is 1. The van der Waals surface area contributed by atoms with E-state index >= 15 is 0 Å². The lowest BCUT2D eigenvalue weighted by Crippen LogP contribution is -2.26. The minimum Gasteiger partial charge on any atom is -0.507 e. The molecule has 2 aliphatic carbocycles. The second-order valence-corrected chi connectivity index (χ2v) is 5.27. The fraction of sp³-hybridized carbons (Fsp3) is 0.429. The topological polar surface area (TPSA) is 61.7 Å². The number of aromatic hydroxyl groups is 1. The lowest BCUT2D eigenvalue weighted by Gasteiger charge is -2.25. The van der Waals surface area contributed by atoms with E-state index in [-0.39, 0.29) is 17.6 Å². The number of benzene rings is 1. The van der Waals surface area contributed by atoms with E-state index in [1.807, 2.05) is 6.07 Å². The number of hydrogen-bond acceptors (Lipinski definition) is 3. The van der Waals surface area contributed by atoms with E-state index in [0.29, 0.717) is 11.0 Å². The first-order valence-electron chi connectivity index (χ1n) is 6.32. The van der Waals surface area contributed by atoms with Crippen LogP contribution >= 0.6 is 0 Å². The van der Waals surface area contributed by atoms with Crippen LogP contribution in [-0.2, 0) is 4.79 Å². The Bertz CT molecular complexity index is 506. The molecule has 1 aromatic rings. The van der Waals surface area contributed by atoms with E-state index < -0.39 is 0 Å². The third-order valence-electron chi connectivity index (χ3n) is 4.17. The van der Waals surface area contributed by atoms with E-state index in [1.54, 1.807) is 18.2 Å². The molecule has 2 aliphatic rings. The van der Waals surface area contributed by atoms with Gasteiger partial charge in [-0.15, -0.1) is 0 Å². The van der Waals surface area contributed by atoms with Crippen molar-refractivity contribution in [2.75, 3.05) is 0 Å². The molecule has 1 atom stereocenters. The van der Waals surface area contributed by atoms with Gasteiger partial charge in [-0.1, -0.05) is 18.6 Å². The molecule has 0 bridgehead atoms. The summed E-state index contributed by atoms with van der Waals surface area (Å²) in [6.45, 7) is 0. The second-order valence-electron chi connectivity index (χ2n) is 5.27. The Balaban J connectivity index is 1.55. The van der Waals surface area contributed by atoms with Crippen molar-refractivity contribution in [3.05, 3.63) is 29.8 Å². The molecule has 3 rings (SSSR count). The van der Waals surface area contributed by atoms with Gasteiger partial charge < -0.3 is 5.11 Å². The zero-order chi connectivity index (χ0) is 12.6. The van der Waals surface area contributed by atoms with Crippen molar-refractivity contribution < 1.29 is 9.90 Å². The Labute approximate surface area is 106 Å². The van der Waals surface area contributed by atoms with E-state index in [9.17, 15) is 9.90 Å². The molecule has 2 N–H and O–H groups in total. The molecular formula is C14H16N2O2. The zero-order valence-corrected chi connectivity index (χ0v) is 10.1. The van der Waals surface area contributed by atoms with E-state index in [0.717, 1.165) is 6.42 Å². The highest BCUT2D eigenvalue weighted by Crippen LogP contribution is 2.65. The van der Waals surface area contributed by atoms with Gasteiger partial charge in [-0.05, 0) is 36.8 Å². The van der Waals surface area contributed by atoms with Gasteiger partial charge in [0.15, 0.2) is 0 Å². The van der Waals surface area contributed by atoms with Crippen molar-refractivity contribution in [1.29, 1.82) is 0 Å². The maximum atomic E-state index is 11.8. The summed E-state index contributed by atoms with van der Waals surface area (Å²) in [5.74, 6) is 0.339. The van der Waals surface area contributed by atoms with E-state index in [2.05, 4.69) is 10.5 Å². The minimum atomic E-state index is 0.0152. The van der Waals surface area contributed by atoms with E-state index in [1.165, 1.54) is 25.5 Å². The number of phenolic OH excluding ortho intramolecular Hbond substituents is 1. The normalized spacial score (nSPS) is 23.9. The monoisotopic (exact) mass is 244 g/mol. The Morgan fingerprint density at radius 3 is 2.83 bits per heavy atom. The number of phenols is 1. The summed E-state index contributed by atoms with van der Waals surface area (Å²) in [5.41, 5.74) is 3.49. The molecule has 1 amide bonds. The van der Waals surface area contributed by atoms with Gasteiger partial charge in [-0.25, -0.2) is 5.43 Å². The Morgan fingerprint density at radius 2 is 2.22 bits per heavy atom. The Kier molecular flexibility index (Phi) is 2.58. The molecule has 1 aromatic carbocycles. The van der Waals surface area contributed by atoms with Crippen molar-refractivity contribution in [2.45, 2.75) is 25.7 Å². The van der Waals surface area contributed by atoms with Crippen molar-refractivity contribution in [3.8, 4) is 5.75 Å². The summed E-state index contributed by atoms with van der Waals surface area (Å²) in [6, 6.07) is 6.89. The summed E-state index contributed by atoms with van der Waals surface area (Å²) in [5, 5.41) is 13.4. The summed E-state index contributed by atoms with van der Waals surface area (Å²) in [7, 11) is 0. The van der Waals surface area contributed by atoms with Crippen LogP contribution in [0.2, 0.25) is 0 Å². The lowest BCUT2D eigenvalue weighted by atomic mass is 9.80. The van der Waals surface area contributed by atoms with Crippen molar-refractivity contribution in [2.24, 2.45) is 16.4 Å². The highest BCUT2D eigenvalue weighted by atomic mass is 16.3. The molecule has 2 fully saturated rings. The van der Waals surface area contributed by atoms with Gasteiger partial charge >= 0.3 is 0 Å². The molecule has 4 nitrogen and oxygen atoms in total. The molecule has 0 aliphatic heterocycles. The number of carbonyl (C=O) groups is 1. The Morgan fingerprint density at radius 1 is 1.44 bits per heavy atom. The number of rotatable bonds is 3. The summed E-state index contributed by atoms with van der Waals surface area (Å²) >= 11 is 0. The zero-order valence-electron chi connectivity index (χ0n) is 10.1. The van der Waals surface area contributed by atoms with Crippen LogP contribution in [0.15, 0.2) is 29.4 Å². The van der Waals surface area contributed by atoms with Crippen LogP contribution in [0, 0.1) is 11.3 Å². The van der Waals surface area contributed by atoms with Gasteiger partial charge in [0, 0.05) is 11.5 Å². The first kappa shape index (κ1) is 11.3. The first-order chi connectivity index (χ1) is 8.71. The van der Waals surface area contributed by atoms with Crippen molar-refractivity contribution >= 4 is 12.1 Å². The smallest absolute Gasteiger partial charge is 0.243 e. The molecule has 0 heterocycles. The molecule has 0 radical (unpaired) electrons. The summed E-state index contributed by atoms with van der Waals surface area (Å²) in [4.78, 5) is 11.8. The van der Waals surface area contributed by atoms with Crippen molar-refractivity contribution in [3.63, 3.8) is 0 Å². The molecular weight excluding hydrogens is 228 g/mol. The highest BCUT2D eigenvalue weighted by Gasteiger charge is 2.60. The maximum absolute atomic E-state index is 11.8. The molecule has 0 unspecified atom stereocenters. The molecule has 94 valence electrons. The Hall–Kier alpha value is -1.84. The fourth-order valence-corrected chi connectivity index (χ4v) is 2.74. The lowest BCUT2D eigenvalue weighted by molar-refractivity contribution is -0.123. The third kappa shape index (κ3) is 1.88. The molecule has 0 saturated heterocycles. The number of carbonyl (C=O) groups excluding carboxylic acids is 1. The SMILES string of the molecule is O=C(NN=Cc1ccccc1O)[C@@H]1CC12CCC2. The van der Waals surface area contributed by atoms with E-state index in [4.69, 9.17) is 0 Å².